The van der Waals surface area contributed by atoms with Gasteiger partial charge in [-0.1, -0.05) is 36.8 Å². The summed E-state index contributed by atoms with van der Waals surface area (Å²) >= 11 is 0. The molecule has 0 heterocycles. The number of rotatable bonds is 7. The maximum absolute atomic E-state index is 12.7. The molecule has 0 aliphatic rings. The number of amides is 1. The van der Waals surface area contributed by atoms with Crippen molar-refractivity contribution in [2.24, 2.45) is 0 Å². The Hall–Kier alpha value is -2.69. The minimum atomic E-state index is -0.188. The van der Waals surface area contributed by atoms with Crippen molar-refractivity contribution < 1.29 is 19.0 Å². The van der Waals surface area contributed by atoms with E-state index in [9.17, 15) is 4.79 Å². The van der Waals surface area contributed by atoms with Gasteiger partial charge in [-0.2, -0.15) is 0 Å². The SMILES string of the molecule is CC[C@H](NC(=O)c1cc(OC)c(OC)c(OC)c1)c1ccc(C)cc1. The second kappa shape index (κ2) is 8.42. The van der Waals surface area contributed by atoms with Crippen LogP contribution in [0.5, 0.6) is 17.2 Å². The smallest absolute Gasteiger partial charge is 0.252 e. The summed E-state index contributed by atoms with van der Waals surface area (Å²) in [6.45, 7) is 4.08. The lowest BCUT2D eigenvalue weighted by molar-refractivity contribution is 0.0934. The number of carbonyl (C=O) groups excluding carboxylic acids is 1. The van der Waals surface area contributed by atoms with Crippen LogP contribution in [0.3, 0.4) is 0 Å². The molecule has 2 aromatic rings. The Bertz CT molecular complexity index is 700. The number of ether oxygens (including phenoxy) is 3. The summed E-state index contributed by atoms with van der Waals surface area (Å²) in [5, 5.41) is 3.07. The van der Waals surface area contributed by atoms with E-state index in [-0.39, 0.29) is 11.9 Å². The van der Waals surface area contributed by atoms with Crippen molar-refractivity contribution >= 4 is 5.91 Å². The first-order valence-corrected chi connectivity index (χ1v) is 8.21. The van der Waals surface area contributed by atoms with Gasteiger partial charge in [0.2, 0.25) is 5.75 Å². The third-order valence-electron chi connectivity index (χ3n) is 4.12. The Kier molecular flexibility index (Phi) is 6.28. The monoisotopic (exact) mass is 343 g/mol. The molecule has 0 spiro atoms. The van der Waals surface area contributed by atoms with E-state index in [1.54, 1.807) is 12.1 Å². The highest BCUT2D eigenvalue weighted by Crippen LogP contribution is 2.38. The van der Waals surface area contributed by atoms with E-state index in [1.807, 2.05) is 38.1 Å². The Labute approximate surface area is 148 Å². The number of aryl methyl sites for hydroxylation is 1. The molecular formula is C20H25NO4. The molecule has 0 aliphatic heterocycles. The summed E-state index contributed by atoms with van der Waals surface area (Å²) in [7, 11) is 4.59. The van der Waals surface area contributed by atoms with Crippen molar-refractivity contribution in [3.05, 3.63) is 53.1 Å². The number of nitrogens with one attached hydrogen (secondary N) is 1. The van der Waals surface area contributed by atoms with Crippen LogP contribution in [0.25, 0.3) is 0 Å². The lowest BCUT2D eigenvalue weighted by Crippen LogP contribution is -2.28. The third-order valence-corrected chi connectivity index (χ3v) is 4.12. The van der Waals surface area contributed by atoms with Gasteiger partial charge in [-0.15, -0.1) is 0 Å². The van der Waals surface area contributed by atoms with Crippen LogP contribution in [0.4, 0.5) is 0 Å². The average molecular weight is 343 g/mol. The van der Waals surface area contributed by atoms with Crippen LogP contribution in [-0.2, 0) is 0 Å². The van der Waals surface area contributed by atoms with Gasteiger partial charge in [0.05, 0.1) is 27.4 Å². The number of methoxy groups -OCH3 is 3. The van der Waals surface area contributed by atoms with Crippen molar-refractivity contribution in [2.45, 2.75) is 26.3 Å². The highest BCUT2D eigenvalue weighted by Gasteiger charge is 2.19. The first-order chi connectivity index (χ1) is 12.0. The summed E-state index contributed by atoms with van der Waals surface area (Å²) in [5.41, 5.74) is 2.73. The molecule has 0 radical (unpaired) electrons. The molecule has 2 aromatic carbocycles. The van der Waals surface area contributed by atoms with Crippen LogP contribution in [0.15, 0.2) is 36.4 Å². The molecular weight excluding hydrogens is 318 g/mol. The molecule has 2 rings (SSSR count). The van der Waals surface area contributed by atoms with Crippen LogP contribution >= 0.6 is 0 Å². The molecule has 1 N–H and O–H groups in total. The van der Waals surface area contributed by atoms with Gasteiger partial charge in [0.15, 0.2) is 11.5 Å². The quantitative estimate of drug-likeness (QED) is 0.828. The Morgan fingerprint density at radius 2 is 1.56 bits per heavy atom. The van der Waals surface area contributed by atoms with Gasteiger partial charge >= 0.3 is 0 Å². The van der Waals surface area contributed by atoms with Crippen LogP contribution in [0.1, 0.15) is 40.9 Å². The Morgan fingerprint density at radius 3 is 2.00 bits per heavy atom. The summed E-state index contributed by atoms with van der Waals surface area (Å²) in [6, 6.07) is 11.4. The summed E-state index contributed by atoms with van der Waals surface area (Å²) < 4.78 is 15.9. The summed E-state index contributed by atoms with van der Waals surface area (Å²) in [5.74, 6) is 1.18. The zero-order valence-electron chi connectivity index (χ0n) is 15.4. The number of hydrogen-bond donors (Lipinski definition) is 1. The maximum Gasteiger partial charge on any atom is 0.252 e. The fourth-order valence-corrected chi connectivity index (χ4v) is 2.67. The van der Waals surface area contributed by atoms with Gasteiger partial charge in [0, 0.05) is 5.56 Å². The van der Waals surface area contributed by atoms with E-state index in [0.29, 0.717) is 22.8 Å². The number of hydrogen-bond acceptors (Lipinski definition) is 4. The molecule has 0 aliphatic carbocycles. The molecule has 1 amide bonds. The predicted octanol–water partition coefficient (Wildman–Crippen LogP) is 3.90. The molecule has 25 heavy (non-hydrogen) atoms. The van der Waals surface area contributed by atoms with Crippen molar-refractivity contribution in [3.8, 4) is 17.2 Å². The fraction of sp³-hybridized carbons (Fsp3) is 0.350. The average Bonchev–Trinajstić information content (AvgIpc) is 2.65. The van der Waals surface area contributed by atoms with E-state index in [4.69, 9.17) is 14.2 Å². The first kappa shape index (κ1) is 18.6. The highest BCUT2D eigenvalue weighted by molar-refractivity contribution is 5.95. The van der Waals surface area contributed by atoms with E-state index in [1.165, 1.54) is 26.9 Å². The molecule has 5 heteroatoms. The normalized spacial score (nSPS) is 11.6. The van der Waals surface area contributed by atoms with Gasteiger partial charge in [0.1, 0.15) is 0 Å². The van der Waals surface area contributed by atoms with E-state index in [0.717, 1.165) is 12.0 Å². The maximum atomic E-state index is 12.7. The fourth-order valence-electron chi connectivity index (χ4n) is 2.67. The minimum absolute atomic E-state index is 0.0628. The van der Waals surface area contributed by atoms with Crippen LogP contribution in [0.2, 0.25) is 0 Å². The summed E-state index contributed by atoms with van der Waals surface area (Å²) in [6.07, 6.45) is 0.791. The molecule has 0 unspecified atom stereocenters. The zero-order valence-corrected chi connectivity index (χ0v) is 15.4. The summed E-state index contributed by atoms with van der Waals surface area (Å²) in [4.78, 5) is 12.7. The van der Waals surface area contributed by atoms with Crippen LogP contribution in [-0.4, -0.2) is 27.2 Å². The van der Waals surface area contributed by atoms with Gasteiger partial charge in [-0.25, -0.2) is 0 Å². The van der Waals surface area contributed by atoms with Gasteiger partial charge < -0.3 is 19.5 Å². The van der Waals surface area contributed by atoms with Crippen molar-refractivity contribution in [2.75, 3.05) is 21.3 Å². The third kappa shape index (κ3) is 4.24. The Morgan fingerprint density at radius 1 is 1.00 bits per heavy atom. The van der Waals surface area contributed by atoms with Gasteiger partial charge in [-0.05, 0) is 31.0 Å². The highest BCUT2D eigenvalue weighted by atomic mass is 16.5. The minimum Gasteiger partial charge on any atom is -0.493 e. The lowest BCUT2D eigenvalue weighted by Gasteiger charge is -2.19. The molecule has 0 aromatic heterocycles. The van der Waals surface area contributed by atoms with E-state index < -0.39 is 0 Å². The molecule has 134 valence electrons. The molecule has 0 fully saturated rings. The molecule has 1 atom stereocenters. The number of benzene rings is 2. The lowest BCUT2D eigenvalue weighted by atomic mass is 10.0. The molecule has 0 saturated heterocycles. The van der Waals surface area contributed by atoms with E-state index >= 15 is 0 Å². The zero-order chi connectivity index (χ0) is 18.4. The topological polar surface area (TPSA) is 56.8 Å². The molecule has 5 nitrogen and oxygen atoms in total. The van der Waals surface area contributed by atoms with Gasteiger partial charge in [-0.3, -0.25) is 4.79 Å². The van der Waals surface area contributed by atoms with Crippen molar-refractivity contribution in [1.82, 2.24) is 5.32 Å². The van der Waals surface area contributed by atoms with Crippen molar-refractivity contribution in [3.63, 3.8) is 0 Å². The number of carbonyl (C=O) groups is 1. The van der Waals surface area contributed by atoms with Crippen LogP contribution < -0.4 is 19.5 Å². The second-order valence-corrected chi connectivity index (χ2v) is 5.76. The predicted molar refractivity (Wildman–Crippen MR) is 97.8 cm³/mol. The Balaban J connectivity index is 2.28. The largest absolute Gasteiger partial charge is 0.493 e. The second-order valence-electron chi connectivity index (χ2n) is 5.76. The molecule has 0 saturated carbocycles. The van der Waals surface area contributed by atoms with Gasteiger partial charge in [0.25, 0.3) is 5.91 Å². The molecule has 0 bridgehead atoms. The first-order valence-electron chi connectivity index (χ1n) is 8.21. The van der Waals surface area contributed by atoms with Crippen molar-refractivity contribution in [1.29, 1.82) is 0 Å². The standard InChI is InChI=1S/C20H25NO4/c1-6-16(14-9-7-13(2)8-10-14)21-20(22)15-11-17(23-3)19(25-5)18(12-15)24-4/h7-12,16H,6H2,1-5H3,(H,21,22)/t16-/m0/s1. The van der Waals surface area contributed by atoms with Crippen LogP contribution in [0, 0.1) is 6.92 Å². The van der Waals surface area contributed by atoms with E-state index in [2.05, 4.69) is 5.32 Å².